The Hall–Kier alpha value is -2.05. The van der Waals surface area contributed by atoms with E-state index in [9.17, 15) is 4.79 Å². The quantitative estimate of drug-likeness (QED) is 0.685. The highest BCUT2D eigenvalue weighted by molar-refractivity contribution is 5.76. The number of ether oxygens (including phenoxy) is 1. The van der Waals surface area contributed by atoms with Crippen LogP contribution in [0.4, 0.5) is 4.79 Å². The summed E-state index contributed by atoms with van der Waals surface area (Å²) in [6, 6.07) is 7.04. The summed E-state index contributed by atoms with van der Waals surface area (Å²) in [5, 5.41) is 20.3. The zero-order valence-electron chi connectivity index (χ0n) is 11.5. The maximum atomic E-state index is 11.8. The highest BCUT2D eigenvalue weighted by atomic mass is 16.5. The molecule has 1 aromatic rings. The number of aliphatic hydroxyl groups is 2. The van der Waals surface area contributed by atoms with Crippen LogP contribution in [0.1, 0.15) is 5.56 Å². The molecule has 0 aliphatic carbocycles. The molecule has 20 heavy (non-hydrogen) atoms. The molecular formula is C14H20N2O4. The van der Waals surface area contributed by atoms with E-state index < -0.39 is 0 Å². The van der Waals surface area contributed by atoms with Crippen LogP contribution >= 0.6 is 0 Å². The molecule has 0 heterocycles. The molecule has 0 unspecified atom stereocenters. The normalized spacial score (nSPS) is 10.6. The van der Waals surface area contributed by atoms with E-state index in [0.717, 1.165) is 5.56 Å². The number of nitrogens with zero attached hydrogens (tertiary/aromatic N) is 1. The molecule has 0 spiro atoms. The Kier molecular flexibility index (Phi) is 7.16. The van der Waals surface area contributed by atoms with Gasteiger partial charge < -0.3 is 25.2 Å². The first-order valence-corrected chi connectivity index (χ1v) is 6.29. The van der Waals surface area contributed by atoms with Gasteiger partial charge in [-0.2, -0.15) is 0 Å². The van der Waals surface area contributed by atoms with Crippen molar-refractivity contribution in [2.75, 3.05) is 33.4 Å². The summed E-state index contributed by atoms with van der Waals surface area (Å²) in [6.45, 7) is 0.0526. The predicted molar refractivity (Wildman–Crippen MR) is 76.3 cm³/mol. The van der Waals surface area contributed by atoms with E-state index in [1.807, 2.05) is 24.3 Å². The lowest BCUT2D eigenvalue weighted by Crippen LogP contribution is -2.41. The molecule has 0 fully saturated rings. The van der Waals surface area contributed by atoms with E-state index in [0.29, 0.717) is 5.75 Å². The minimum atomic E-state index is -0.376. The molecule has 1 rings (SSSR count). The smallest absolute Gasteiger partial charge is 0.321 e. The van der Waals surface area contributed by atoms with Crippen molar-refractivity contribution in [2.45, 2.75) is 0 Å². The summed E-state index contributed by atoms with van der Waals surface area (Å²) < 4.78 is 5.19. The second-order valence-corrected chi connectivity index (χ2v) is 3.96. The van der Waals surface area contributed by atoms with Gasteiger partial charge in [0, 0.05) is 24.9 Å². The number of aliphatic hydroxyl groups excluding tert-OH is 2. The van der Waals surface area contributed by atoms with Gasteiger partial charge in [0.1, 0.15) is 5.75 Å². The number of nitrogens with one attached hydrogen (secondary N) is 1. The van der Waals surface area contributed by atoms with Gasteiger partial charge in [-0.25, -0.2) is 4.79 Å². The van der Waals surface area contributed by atoms with E-state index in [4.69, 9.17) is 14.9 Å². The molecule has 0 atom stereocenters. The molecule has 0 radical (unpaired) electrons. The SMILES string of the molecule is COc1ccccc1/C=C/NC(=O)N(CCO)CCO. The van der Waals surface area contributed by atoms with Crippen molar-refractivity contribution in [3.05, 3.63) is 36.0 Å². The lowest BCUT2D eigenvalue weighted by Gasteiger charge is -2.19. The van der Waals surface area contributed by atoms with Crippen LogP contribution in [0, 0.1) is 0 Å². The molecule has 0 aliphatic heterocycles. The average Bonchev–Trinajstić information content (AvgIpc) is 2.47. The third kappa shape index (κ3) is 4.91. The van der Waals surface area contributed by atoms with Crippen LogP contribution in [-0.4, -0.2) is 54.6 Å². The van der Waals surface area contributed by atoms with Gasteiger partial charge in [0.25, 0.3) is 0 Å². The monoisotopic (exact) mass is 280 g/mol. The zero-order chi connectivity index (χ0) is 14.8. The average molecular weight is 280 g/mol. The molecule has 0 saturated heterocycles. The number of urea groups is 1. The summed E-state index contributed by atoms with van der Waals surface area (Å²) in [4.78, 5) is 13.1. The standard InChI is InChI=1S/C14H20N2O4/c1-20-13-5-3-2-4-12(13)6-7-15-14(19)16(8-10-17)9-11-18/h2-7,17-18H,8-11H2,1H3,(H,15,19)/b7-6+. The zero-order valence-corrected chi connectivity index (χ0v) is 11.5. The fourth-order valence-corrected chi connectivity index (χ4v) is 1.65. The fraction of sp³-hybridized carbons (Fsp3) is 0.357. The lowest BCUT2D eigenvalue weighted by molar-refractivity contribution is 0.161. The van der Waals surface area contributed by atoms with Gasteiger partial charge in [0.2, 0.25) is 0 Å². The predicted octanol–water partition coefficient (Wildman–Crippen LogP) is 0.662. The minimum absolute atomic E-state index is 0.149. The number of hydrogen-bond donors (Lipinski definition) is 3. The largest absolute Gasteiger partial charge is 0.496 e. The molecule has 6 nitrogen and oxygen atoms in total. The summed E-state index contributed by atoms with van der Waals surface area (Å²) in [5.74, 6) is 0.709. The molecule has 110 valence electrons. The second-order valence-electron chi connectivity index (χ2n) is 3.96. The van der Waals surface area contributed by atoms with Gasteiger partial charge in [-0.3, -0.25) is 0 Å². The van der Waals surface area contributed by atoms with Crippen LogP contribution in [0.5, 0.6) is 5.75 Å². The molecule has 0 bridgehead atoms. The summed E-state index contributed by atoms with van der Waals surface area (Å²) in [6.07, 6.45) is 3.22. The Morgan fingerprint density at radius 1 is 1.30 bits per heavy atom. The van der Waals surface area contributed by atoms with Gasteiger partial charge in [-0.15, -0.1) is 0 Å². The number of carbonyl (C=O) groups is 1. The van der Waals surface area contributed by atoms with Crippen molar-refractivity contribution in [1.82, 2.24) is 10.2 Å². The summed E-state index contributed by atoms with van der Waals surface area (Å²) in [5.41, 5.74) is 0.839. The highest BCUT2D eigenvalue weighted by Gasteiger charge is 2.10. The van der Waals surface area contributed by atoms with Gasteiger partial charge in [0.05, 0.1) is 20.3 Å². The molecule has 1 aromatic carbocycles. The Labute approximate surface area is 118 Å². The maximum absolute atomic E-state index is 11.8. The van der Waals surface area contributed by atoms with Crippen molar-refractivity contribution in [3.8, 4) is 5.75 Å². The van der Waals surface area contributed by atoms with Crippen LogP contribution < -0.4 is 10.1 Å². The lowest BCUT2D eigenvalue weighted by atomic mass is 10.2. The molecule has 3 N–H and O–H groups in total. The highest BCUT2D eigenvalue weighted by Crippen LogP contribution is 2.18. The Morgan fingerprint density at radius 3 is 2.55 bits per heavy atom. The van der Waals surface area contributed by atoms with E-state index in [1.165, 1.54) is 11.1 Å². The van der Waals surface area contributed by atoms with E-state index in [1.54, 1.807) is 13.2 Å². The summed E-state index contributed by atoms with van der Waals surface area (Å²) >= 11 is 0. The Bertz CT molecular complexity index is 443. The van der Waals surface area contributed by atoms with Gasteiger partial charge >= 0.3 is 6.03 Å². The fourth-order valence-electron chi connectivity index (χ4n) is 1.65. The van der Waals surface area contributed by atoms with E-state index >= 15 is 0 Å². The number of rotatable bonds is 7. The van der Waals surface area contributed by atoms with Gasteiger partial charge in [-0.05, 0) is 12.1 Å². The third-order valence-corrected chi connectivity index (χ3v) is 2.64. The van der Waals surface area contributed by atoms with Gasteiger partial charge in [0.15, 0.2) is 0 Å². The van der Waals surface area contributed by atoms with E-state index in [-0.39, 0.29) is 32.3 Å². The molecule has 0 aromatic heterocycles. The maximum Gasteiger partial charge on any atom is 0.321 e. The van der Waals surface area contributed by atoms with Crippen molar-refractivity contribution < 1.29 is 19.7 Å². The van der Waals surface area contributed by atoms with Gasteiger partial charge in [-0.1, -0.05) is 18.2 Å². The van der Waals surface area contributed by atoms with Crippen molar-refractivity contribution in [3.63, 3.8) is 0 Å². The third-order valence-electron chi connectivity index (χ3n) is 2.64. The van der Waals surface area contributed by atoms with Crippen LogP contribution in [0.3, 0.4) is 0 Å². The Morgan fingerprint density at radius 2 is 1.95 bits per heavy atom. The molecule has 0 aliphatic rings. The molecule has 0 saturated carbocycles. The second kappa shape index (κ2) is 8.95. The van der Waals surface area contributed by atoms with Crippen LogP contribution in [-0.2, 0) is 0 Å². The van der Waals surface area contributed by atoms with E-state index in [2.05, 4.69) is 5.32 Å². The summed E-state index contributed by atoms with van der Waals surface area (Å²) in [7, 11) is 1.58. The molecular weight excluding hydrogens is 260 g/mol. The molecule has 6 heteroatoms. The van der Waals surface area contributed by atoms with Crippen LogP contribution in [0.2, 0.25) is 0 Å². The number of hydrogen-bond acceptors (Lipinski definition) is 4. The van der Waals surface area contributed by atoms with Crippen LogP contribution in [0.15, 0.2) is 30.5 Å². The number of methoxy groups -OCH3 is 1. The minimum Gasteiger partial charge on any atom is -0.496 e. The Balaban J connectivity index is 2.60. The number of benzene rings is 1. The topological polar surface area (TPSA) is 82.0 Å². The van der Waals surface area contributed by atoms with Crippen LogP contribution in [0.25, 0.3) is 6.08 Å². The van der Waals surface area contributed by atoms with Crippen molar-refractivity contribution in [2.24, 2.45) is 0 Å². The number of amides is 2. The first kappa shape index (κ1) is 16.0. The van der Waals surface area contributed by atoms with Crippen molar-refractivity contribution >= 4 is 12.1 Å². The molecule has 2 amide bonds. The number of para-hydroxylation sites is 1. The first-order valence-electron chi connectivity index (χ1n) is 6.29. The van der Waals surface area contributed by atoms with Crippen molar-refractivity contribution in [1.29, 1.82) is 0 Å². The number of carbonyl (C=O) groups excluding carboxylic acids is 1. The first-order chi connectivity index (χ1) is 9.72.